The number of nitrogens with zero attached hydrogens (tertiary/aromatic N) is 4. The van der Waals surface area contributed by atoms with Crippen molar-refractivity contribution in [1.29, 1.82) is 0 Å². The zero-order chi connectivity index (χ0) is 30.8. The summed E-state index contributed by atoms with van der Waals surface area (Å²) in [4.78, 5) is 25.9. The van der Waals surface area contributed by atoms with Gasteiger partial charge in [0.1, 0.15) is 18.0 Å². The Kier molecular flexibility index (Phi) is 9.19. The molecule has 0 aliphatic carbocycles. The molecule has 5 rings (SSSR count). The average Bonchev–Trinajstić information content (AvgIpc) is 3.61. The Balaban J connectivity index is 1.32. The molecule has 0 bridgehead atoms. The van der Waals surface area contributed by atoms with Crippen LogP contribution in [0.25, 0.3) is 21.9 Å². The first-order chi connectivity index (χ1) is 20.4. The van der Waals surface area contributed by atoms with Crippen LogP contribution in [0, 0.1) is 5.41 Å². The third-order valence-corrected chi connectivity index (χ3v) is 9.31. The second kappa shape index (κ2) is 12.7. The minimum atomic E-state index is -3.27. The number of benzene rings is 2. The standard InChI is InChI=1S/C29H38N7O5PS/c1-18(27(37)38-16-29(2,3)4)35-42(43,41-22-12-8-10-19-9-6-7-11-21(19)22)39-15-20-13-14-23(40-20)36-17-32-24-25(31-5)33-28(30)34-26(24)36/h6-12,17-18,20,23H,13-16H2,1-5H3,(H,35,43)(H3,30,31,33,34)/t18-,20-,23+,42?/m0/s1. The SMILES string of the molecule is CNc1nc(N)nc2c1ncn2[C@H]1CC[C@@H](COP(=S)(N[C@@H](C)C(=O)OCC(C)(C)C)Oc2cccc3ccccc23)O1. The van der Waals surface area contributed by atoms with E-state index in [4.69, 9.17) is 36.1 Å². The van der Waals surface area contributed by atoms with Gasteiger partial charge in [0.2, 0.25) is 5.95 Å². The number of imidazole rings is 1. The quantitative estimate of drug-likeness (QED) is 0.149. The lowest BCUT2D eigenvalue weighted by Gasteiger charge is -2.28. The van der Waals surface area contributed by atoms with Crippen molar-refractivity contribution in [3.8, 4) is 5.75 Å². The van der Waals surface area contributed by atoms with Gasteiger partial charge in [0, 0.05) is 12.4 Å². The molecule has 14 heteroatoms. The van der Waals surface area contributed by atoms with Crippen LogP contribution in [0.1, 0.15) is 46.8 Å². The Morgan fingerprint density at radius 3 is 2.74 bits per heavy atom. The Morgan fingerprint density at radius 1 is 1.21 bits per heavy atom. The Hall–Kier alpha value is -3.35. The molecule has 4 N–H and O–H groups in total. The number of carbonyl (C=O) groups is 1. The number of anilines is 2. The highest BCUT2D eigenvalue weighted by atomic mass is 32.5. The van der Waals surface area contributed by atoms with E-state index in [0.717, 1.165) is 10.8 Å². The number of hydrogen-bond donors (Lipinski definition) is 3. The van der Waals surface area contributed by atoms with Gasteiger partial charge in [-0.15, -0.1) is 0 Å². The molecular weight excluding hydrogens is 589 g/mol. The molecule has 43 heavy (non-hydrogen) atoms. The van der Waals surface area contributed by atoms with Gasteiger partial charge < -0.3 is 29.6 Å². The number of nitrogen functional groups attached to an aromatic ring is 1. The second-order valence-electron chi connectivity index (χ2n) is 11.7. The number of esters is 1. The number of fused-ring (bicyclic) bond motifs is 2. The maximum absolute atomic E-state index is 12.9. The molecule has 2 aromatic carbocycles. The lowest BCUT2D eigenvalue weighted by Crippen LogP contribution is -2.36. The van der Waals surface area contributed by atoms with E-state index in [0.29, 0.717) is 35.6 Å². The molecule has 0 radical (unpaired) electrons. The van der Waals surface area contributed by atoms with Gasteiger partial charge in [-0.2, -0.15) is 9.97 Å². The zero-order valence-electron chi connectivity index (χ0n) is 24.9. The molecular formula is C29H38N7O5PS. The Morgan fingerprint density at radius 2 is 1.98 bits per heavy atom. The van der Waals surface area contributed by atoms with Crippen molar-refractivity contribution in [2.75, 3.05) is 31.3 Å². The van der Waals surface area contributed by atoms with Crippen LogP contribution in [0.4, 0.5) is 11.8 Å². The molecule has 1 unspecified atom stereocenters. The molecule has 230 valence electrons. The molecule has 4 atom stereocenters. The van der Waals surface area contributed by atoms with Crippen LogP contribution in [0.2, 0.25) is 0 Å². The van der Waals surface area contributed by atoms with Gasteiger partial charge in [-0.3, -0.25) is 9.36 Å². The van der Waals surface area contributed by atoms with Gasteiger partial charge >= 0.3 is 12.6 Å². The molecule has 12 nitrogen and oxygen atoms in total. The van der Waals surface area contributed by atoms with Gasteiger partial charge in [0.05, 0.1) is 25.6 Å². The van der Waals surface area contributed by atoms with Crippen LogP contribution in [-0.4, -0.2) is 57.9 Å². The summed E-state index contributed by atoms with van der Waals surface area (Å²) in [6.07, 6.45) is 2.47. The van der Waals surface area contributed by atoms with E-state index in [1.807, 2.05) is 67.8 Å². The van der Waals surface area contributed by atoms with E-state index in [-0.39, 0.29) is 36.9 Å². The number of rotatable bonds is 11. The lowest BCUT2D eigenvalue weighted by molar-refractivity contribution is -0.148. The summed E-state index contributed by atoms with van der Waals surface area (Å²) < 4.78 is 26.5. The van der Waals surface area contributed by atoms with Crippen LogP contribution in [0.15, 0.2) is 48.8 Å². The van der Waals surface area contributed by atoms with Crippen molar-refractivity contribution in [3.63, 3.8) is 0 Å². The largest absolute Gasteiger partial charge is 0.464 e. The van der Waals surface area contributed by atoms with E-state index in [1.54, 1.807) is 20.3 Å². The first kappa shape index (κ1) is 31.1. The number of aromatic nitrogens is 4. The fraction of sp³-hybridized carbons (Fsp3) is 0.448. The van der Waals surface area contributed by atoms with Crippen molar-refractivity contribution >= 4 is 58.1 Å². The average molecular weight is 628 g/mol. The second-order valence-corrected chi connectivity index (χ2v) is 14.8. The molecule has 2 aromatic heterocycles. The van der Waals surface area contributed by atoms with Crippen molar-refractivity contribution in [1.82, 2.24) is 24.6 Å². The van der Waals surface area contributed by atoms with Crippen LogP contribution in [0.3, 0.4) is 0 Å². The molecule has 3 heterocycles. The van der Waals surface area contributed by atoms with Crippen molar-refractivity contribution in [2.45, 2.75) is 58.9 Å². The van der Waals surface area contributed by atoms with Gasteiger partial charge in [0.15, 0.2) is 17.0 Å². The normalized spacial score (nSPS) is 19.3. The first-order valence-corrected chi connectivity index (χ1v) is 16.8. The first-order valence-electron chi connectivity index (χ1n) is 14.1. The minimum Gasteiger partial charge on any atom is -0.464 e. The van der Waals surface area contributed by atoms with E-state index in [9.17, 15) is 4.79 Å². The van der Waals surface area contributed by atoms with E-state index >= 15 is 0 Å². The van der Waals surface area contributed by atoms with Crippen molar-refractivity contribution in [2.24, 2.45) is 5.41 Å². The van der Waals surface area contributed by atoms with Gasteiger partial charge in [-0.05, 0) is 48.4 Å². The molecule has 1 saturated heterocycles. The zero-order valence-corrected chi connectivity index (χ0v) is 26.7. The molecule has 1 aliphatic heterocycles. The number of hydrogen-bond acceptors (Lipinski definition) is 11. The summed E-state index contributed by atoms with van der Waals surface area (Å²) in [5, 5.41) is 8.03. The van der Waals surface area contributed by atoms with Gasteiger partial charge in [0.25, 0.3) is 0 Å². The number of ether oxygens (including phenoxy) is 2. The molecule has 0 amide bonds. The van der Waals surface area contributed by atoms with E-state index < -0.39 is 18.7 Å². The van der Waals surface area contributed by atoms with Crippen LogP contribution in [-0.2, 0) is 30.6 Å². The number of nitrogens with two attached hydrogens (primary N) is 1. The third-order valence-electron chi connectivity index (χ3n) is 6.82. The van der Waals surface area contributed by atoms with Crippen LogP contribution >= 0.6 is 6.64 Å². The lowest BCUT2D eigenvalue weighted by atomic mass is 9.99. The Bertz CT molecular complexity index is 1650. The molecule has 0 saturated carbocycles. The molecule has 0 spiro atoms. The summed E-state index contributed by atoms with van der Waals surface area (Å²) in [5.41, 5.74) is 6.94. The molecule has 4 aromatic rings. The van der Waals surface area contributed by atoms with Crippen LogP contribution in [0.5, 0.6) is 5.75 Å². The molecule has 1 fully saturated rings. The summed E-state index contributed by atoms with van der Waals surface area (Å²) in [6.45, 7) is 4.85. The summed E-state index contributed by atoms with van der Waals surface area (Å²) in [6, 6.07) is 12.8. The van der Waals surface area contributed by atoms with Gasteiger partial charge in [-0.1, -0.05) is 57.2 Å². The number of carbonyl (C=O) groups excluding carboxylic acids is 1. The third kappa shape index (κ3) is 7.42. The smallest absolute Gasteiger partial charge is 0.323 e. The minimum absolute atomic E-state index is 0.143. The summed E-state index contributed by atoms with van der Waals surface area (Å²) >= 11 is 5.99. The van der Waals surface area contributed by atoms with Crippen molar-refractivity contribution in [3.05, 3.63) is 48.8 Å². The Labute approximate surface area is 255 Å². The van der Waals surface area contributed by atoms with Gasteiger partial charge in [-0.25, -0.2) is 10.1 Å². The monoisotopic (exact) mass is 627 g/mol. The number of nitrogens with one attached hydrogen (secondary N) is 2. The summed E-state index contributed by atoms with van der Waals surface area (Å²) in [7, 11) is 1.75. The predicted molar refractivity (Wildman–Crippen MR) is 170 cm³/mol. The highest BCUT2D eigenvalue weighted by Crippen LogP contribution is 2.48. The highest BCUT2D eigenvalue weighted by Gasteiger charge is 2.33. The highest BCUT2D eigenvalue weighted by molar-refractivity contribution is 8.09. The van der Waals surface area contributed by atoms with Crippen LogP contribution < -0.4 is 20.7 Å². The summed E-state index contributed by atoms with van der Waals surface area (Å²) in [5.74, 6) is 0.827. The topological polar surface area (TPSA) is 148 Å². The predicted octanol–water partition coefficient (Wildman–Crippen LogP) is 5.17. The fourth-order valence-electron chi connectivity index (χ4n) is 4.71. The van der Waals surface area contributed by atoms with E-state index in [2.05, 4.69) is 25.4 Å². The van der Waals surface area contributed by atoms with E-state index in [1.165, 1.54) is 0 Å². The maximum atomic E-state index is 12.9. The maximum Gasteiger partial charge on any atom is 0.323 e. The molecule has 1 aliphatic rings. The fourth-order valence-corrected chi connectivity index (χ4v) is 7.15. The van der Waals surface area contributed by atoms with Crippen molar-refractivity contribution < 1.29 is 23.3 Å².